The maximum Gasteiger partial charge on any atom is 0.249 e. The molecule has 0 spiro atoms. The smallest absolute Gasteiger partial charge is 0.249 e. The van der Waals surface area contributed by atoms with Gasteiger partial charge in [-0.1, -0.05) is 30.3 Å². The molecule has 0 radical (unpaired) electrons. The Bertz CT molecular complexity index is 1130. The minimum absolute atomic E-state index is 0.255. The number of hydrogen-bond donors (Lipinski definition) is 2. The summed E-state index contributed by atoms with van der Waals surface area (Å²) in [6.45, 7) is 2.98. The number of likely N-dealkylation sites (N-methyl/N-ethyl adjacent to an activating group) is 1. The van der Waals surface area contributed by atoms with E-state index in [1.807, 2.05) is 30.1 Å². The maximum absolute atomic E-state index is 12.4. The van der Waals surface area contributed by atoms with Crippen LogP contribution in [0.3, 0.4) is 0 Å². The van der Waals surface area contributed by atoms with E-state index < -0.39 is 6.04 Å². The summed E-state index contributed by atoms with van der Waals surface area (Å²) in [7, 11) is 3.50. The lowest BCUT2D eigenvalue weighted by Gasteiger charge is -2.33. The lowest BCUT2D eigenvalue weighted by molar-refractivity contribution is -0.134. The van der Waals surface area contributed by atoms with Crippen molar-refractivity contribution in [2.45, 2.75) is 44.2 Å². The number of nitrogens with one attached hydrogen (secondary N) is 2. The minimum Gasteiger partial charge on any atom is -0.361 e. The van der Waals surface area contributed by atoms with Gasteiger partial charge in [0, 0.05) is 46.2 Å². The molecule has 4 rings (SSSR count). The molecule has 9 heteroatoms. The highest BCUT2D eigenvalue weighted by Crippen LogP contribution is 2.35. The number of amides is 4. The summed E-state index contributed by atoms with van der Waals surface area (Å²) in [4.78, 5) is 52.0. The van der Waals surface area contributed by atoms with Gasteiger partial charge in [-0.3, -0.25) is 24.5 Å². The first-order valence-electron chi connectivity index (χ1n) is 12.8. The average Bonchev–Trinajstić information content (AvgIpc) is 2.92. The lowest BCUT2D eigenvalue weighted by atomic mass is 9.99. The number of nitrogens with zero attached hydrogens (tertiary/aromatic N) is 3. The van der Waals surface area contributed by atoms with E-state index in [9.17, 15) is 19.2 Å². The van der Waals surface area contributed by atoms with Gasteiger partial charge in [0.05, 0.1) is 11.4 Å². The van der Waals surface area contributed by atoms with Crippen LogP contribution in [-0.2, 0) is 25.6 Å². The van der Waals surface area contributed by atoms with Gasteiger partial charge >= 0.3 is 0 Å². The Morgan fingerprint density at radius 3 is 2.32 bits per heavy atom. The quantitative estimate of drug-likeness (QED) is 0.378. The van der Waals surface area contributed by atoms with Crippen LogP contribution in [0.4, 0.5) is 11.4 Å². The molecule has 0 saturated carbocycles. The van der Waals surface area contributed by atoms with Crippen molar-refractivity contribution in [3.63, 3.8) is 0 Å². The zero-order valence-corrected chi connectivity index (χ0v) is 21.5. The van der Waals surface area contributed by atoms with Crippen LogP contribution in [0.1, 0.15) is 31.2 Å². The first-order chi connectivity index (χ1) is 17.9. The summed E-state index contributed by atoms with van der Waals surface area (Å²) in [6, 6.07) is 14.2. The van der Waals surface area contributed by atoms with Gasteiger partial charge < -0.3 is 20.0 Å². The molecule has 2 aromatic carbocycles. The number of imide groups is 1. The summed E-state index contributed by atoms with van der Waals surface area (Å²) in [5.41, 5.74) is 4.71. The first-order valence-corrected chi connectivity index (χ1v) is 12.8. The highest BCUT2D eigenvalue weighted by atomic mass is 16.2. The third kappa shape index (κ3) is 6.35. The van der Waals surface area contributed by atoms with E-state index >= 15 is 0 Å². The Morgan fingerprint density at radius 2 is 1.68 bits per heavy atom. The van der Waals surface area contributed by atoms with Crippen molar-refractivity contribution < 1.29 is 19.2 Å². The Morgan fingerprint density at radius 1 is 0.973 bits per heavy atom. The molecule has 2 N–H and O–H groups in total. The largest absolute Gasteiger partial charge is 0.361 e. The third-order valence-electron chi connectivity index (χ3n) is 7.47. The number of likely N-dealkylation sites (tertiary alicyclic amines) is 1. The molecule has 37 heavy (non-hydrogen) atoms. The molecule has 4 amide bonds. The van der Waals surface area contributed by atoms with Crippen LogP contribution in [0.5, 0.6) is 0 Å². The second-order valence-corrected chi connectivity index (χ2v) is 9.84. The van der Waals surface area contributed by atoms with Crippen LogP contribution in [-0.4, -0.2) is 75.3 Å². The van der Waals surface area contributed by atoms with Crippen molar-refractivity contribution in [3.05, 3.63) is 48.0 Å². The van der Waals surface area contributed by atoms with Crippen LogP contribution >= 0.6 is 0 Å². The molecule has 196 valence electrons. The summed E-state index contributed by atoms with van der Waals surface area (Å²) >= 11 is 0. The fourth-order valence-corrected chi connectivity index (χ4v) is 5.13. The highest BCUT2D eigenvalue weighted by Gasteiger charge is 2.31. The predicted molar refractivity (Wildman–Crippen MR) is 143 cm³/mol. The molecule has 1 atom stereocenters. The molecular formula is C28H35N5O4. The van der Waals surface area contributed by atoms with Gasteiger partial charge in [-0.25, -0.2) is 0 Å². The van der Waals surface area contributed by atoms with E-state index in [0.29, 0.717) is 24.6 Å². The minimum atomic E-state index is -0.478. The Balaban J connectivity index is 1.44. The van der Waals surface area contributed by atoms with E-state index in [-0.39, 0.29) is 11.8 Å². The summed E-state index contributed by atoms with van der Waals surface area (Å²) in [5.74, 6) is -0.574. The number of carbonyl (C=O) groups is 4. The zero-order valence-electron chi connectivity index (χ0n) is 21.5. The van der Waals surface area contributed by atoms with Gasteiger partial charge in [-0.15, -0.1) is 0 Å². The summed E-state index contributed by atoms with van der Waals surface area (Å²) < 4.78 is 0. The molecule has 2 aliphatic heterocycles. The van der Waals surface area contributed by atoms with Crippen molar-refractivity contribution in [2.75, 3.05) is 43.5 Å². The number of rotatable bonds is 10. The number of hydrogen-bond acceptors (Lipinski definition) is 6. The standard InChI is InChI=1S/C28H35N5O4/c1-31(19-35)26-17-22(7-8-24(26)32(2)25-9-10-27(36)30-28(25)37)21-5-3-20(4-6-21)11-14-33-15-12-23(13-16-33)29-18-34/h3-8,17-19,23,25H,9-16H2,1-2H3,(H,29,34)(H,30,36,37). The molecule has 2 fully saturated rings. The molecule has 2 saturated heterocycles. The van der Waals surface area contributed by atoms with Gasteiger partial charge in [-0.05, 0) is 54.5 Å². The van der Waals surface area contributed by atoms with E-state index in [1.165, 1.54) is 10.5 Å². The normalized spacial score (nSPS) is 18.7. The topological polar surface area (TPSA) is 102 Å². The fraction of sp³-hybridized carbons (Fsp3) is 0.429. The van der Waals surface area contributed by atoms with Crippen LogP contribution in [0, 0.1) is 0 Å². The second-order valence-electron chi connectivity index (χ2n) is 9.84. The van der Waals surface area contributed by atoms with Gasteiger partial charge in [-0.2, -0.15) is 0 Å². The zero-order chi connectivity index (χ0) is 26.4. The van der Waals surface area contributed by atoms with Crippen molar-refractivity contribution >= 4 is 36.0 Å². The van der Waals surface area contributed by atoms with E-state index in [2.05, 4.69) is 39.8 Å². The second kappa shape index (κ2) is 12.0. The predicted octanol–water partition coefficient (Wildman–Crippen LogP) is 1.94. The van der Waals surface area contributed by atoms with Gasteiger partial charge in [0.2, 0.25) is 24.6 Å². The molecule has 0 aromatic heterocycles. The van der Waals surface area contributed by atoms with Gasteiger partial charge in [0.25, 0.3) is 0 Å². The molecule has 2 aliphatic rings. The van der Waals surface area contributed by atoms with Crippen LogP contribution in [0.25, 0.3) is 11.1 Å². The summed E-state index contributed by atoms with van der Waals surface area (Å²) in [5, 5.41) is 5.28. The maximum atomic E-state index is 12.4. The van der Waals surface area contributed by atoms with Crippen molar-refractivity contribution in [2.24, 2.45) is 0 Å². The van der Waals surface area contributed by atoms with E-state index in [1.54, 1.807) is 7.05 Å². The molecule has 2 heterocycles. The molecular weight excluding hydrogens is 470 g/mol. The van der Waals surface area contributed by atoms with E-state index in [4.69, 9.17) is 0 Å². The SMILES string of the molecule is CN(C=O)c1cc(-c2ccc(CCN3CCC(NC=O)CC3)cc2)ccc1N(C)C1CCC(=O)NC1=O. The first kappa shape index (κ1) is 26.3. The van der Waals surface area contributed by atoms with Crippen LogP contribution < -0.4 is 20.4 Å². The van der Waals surface area contributed by atoms with Crippen molar-refractivity contribution in [1.82, 2.24) is 15.5 Å². The van der Waals surface area contributed by atoms with Gasteiger partial charge in [0.15, 0.2) is 0 Å². The van der Waals surface area contributed by atoms with Crippen LogP contribution in [0.2, 0.25) is 0 Å². The molecule has 0 bridgehead atoms. The number of benzene rings is 2. The monoisotopic (exact) mass is 505 g/mol. The fourth-order valence-electron chi connectivity index (χ4n) is 5.13. The van der Waals surface area contributed by atoms with Crippen LogP contribution in [0.15, 0.2) is 42.5 Å². The number of carbonyl (C=O) groups excluding carboxylic acids is 4. The highest BCUT2D eigenvalue weighted by molar-refractivity contribution is 6.02. The Hall–Kier alpha value is -3.72. The van der Waals surface area contributed by atoms with Crippen molar-refractivity contribution in [3.8, 4) is 11.1 Å². The molecule has 2 aromatic rings. The molecule has 9 nitrogen and oxygen atoms in total. The average molecular weight is 506 g/mol. The lowest BCUT2D eigenvalue weighted by Crippen LogP contribution is -2.51. The Kier molecular flexibility index (Phi) is 8.55. The van der Waals surface area contributed by atoms with Gasteiger partial charge in [0.1, 0.15) is 6.04 Å². The third-order valence-corrected chi connectivity index (χ3v) is 7.47. The number of anilines is 2. The molecule has 1 unspecified atom stereocenters. The van der Waals surface area contributed by atoms with Crippen molar-refractivity contribution in [1.29, 1.82) is 0 Å². The summed E-state index contributed by atoms with van der Waals surface area (Å²) in [6.07, 6.45) is 5.21. The number of piperidine rings is 2. The Labute approximate surface area is 217 Å². The van der Waals surface area contributed by atoms with E-state index in [0.717, 1.165) is 68.5 Å². The molecule has 0 aliphatic carbocycles.